The molecule has 1 aromatic rings. The number of nitrogens with two attached hydrogens (primary N) is 1. The summed E-state index contributed by atoms with van der Waals surface area (Å²) in [7, 11) is 1.87. The molecule has 0 saturated heterocycles. The summed E-state index contributed by atoms with van der Waals surface area (Å²) in [5.41, 5.74) is 2.00. The van der Waals surface area contributed by atoms with E-state index in [4.69, 9.17) is 5.90 Å². The van der Waals surface area contributed by atoms with Gasteiger partial charge in [-0.2, -0.15) is 5.10 Å². The van der Waals surface area contributed by atoms with E-state index in [2.05, 4.69) is 9.94 Å². The van der Waals surface area contributed by atoms with Crippen molar-refractivity contribution >= 4 is 0 Å². The van der Waals surface area contributed by atoms with Crippen LogP contribution in [0.25, 0.3) is 0 Å². The van der Waals surface area contributed by atoms with E-state index in [1.807, 2.05) is 27.1 Å². The van der Waals surface area contributed by atoms with Gasteiger partial charge in [0, 0.05) is 18.8 Å². The molecule has 0 aliphatic heterocycles. The van der Waals surface area contributed by atoms with Crippen molar-refractivity contribution in [3.63, 3.8) is 0 Å². The summed E-state index contributed by atoms with van der Waals surface area (Å²) in [6.07, 6.45) is 1.83. The Hall–Kier alpha value is -0.870. The predicted molar refractivity (Wildman–Crippen MR) is 41.6 cm³/mol. The third-order valence-electron chi connectivity index (χ3n) is 1.69. The highest BCUT2D eigenvalue weighted by atomic mass is 16.6. The first-order valence-corrected chi connectivity index (χ1v) is 3.51. The van der Waals surface area contributed by atoms with Crippen LogP contribution < -0.4 is 5.90 Å². The van der Waals surface area contributed by atoms with Crippen LogP contribution in [0.1, 0.15) is 24.3 Å². The summed E-state index contributed by atoms with van der Waals surface area (Å²) in [6.45, 7) is 3.83. The van der Waals surface area contributed by atoms with Crippen molar-refractivity contribution < 1.29 is 4.84 Å². The Balaban J connectivity index is 2.93. The maximum Gasteiger partial charge on any atom is 0.104 e. The Labute approximate surface area is 65.9 Å². The third-order valence-corrected chi connectivity index (χ3v) is 1.69. The zero-order chi connectivity index (χ0) is 8.43. The predicted octanol–water partition coefficient (Wildman–Crippen LogP) is 0.680. The molecule has 0 aliphatic rings. The normalized spacial score (nSPS) is 13.5. The van der Waals surface area contributed by atoms with Gasteiger partial charge in [0.25, 0.3) is 0 Å². The SMILES string of the molecule is Cc1nn(C)cc1C(C)ON. The quantitative estimate of drug-likeness (QED) is 0.639. The summed E-state index contributed by atoms with van der Waals surface area (Å²) in [5, 5.41) is 4.16. The molecule has 1 atom stereocenters. The van der Waals surface area contributed by atoms with Crippen LogP contribution in [0.5, 0.6) is 0 Å². The first-order chi connectivity index (χ1) is 5.15. The molecule has 0 bridgehead atoms. The second kappa shape index (κ2) is 3.02. The number of aryl methyl sites for hydroxylation is 2. The average Bonchev–Trinajstić information content (AvgIpc) is 2.28. The summed E-state index contributed by atoms with van der Waals surface area (Å²) in [4.78, 5) is 4.68. The molecule has 0 amide bonds. The third kappa shape index (κ3) is 1.58. The minimum absolute atomic E-state index is 0.0799. The second-order valence-electron chi connectivity index (χ2n) is 2.62. The van der Waals surface area contributed by atoms with Crippen LogP contribution in [-0.4, -0.2) is 9.78 Å². The van der Waals surface area contributed by atoms with E-state index in [0.717, 1.165) is 11.3 Å². The maximum absolute atomic E-state index is 5.05. The molecule has 0 fully saturated rings. The van der Waals surface area contributed by atoms with E-state index >= 15 is 0 Å². The lowest BCUT2D eigenvalue weighted by atomic mass is 10.2. The van der Waals surface area contributed by atoms with Gasteiger partial charge in [-0.05, 0) is 13.8 Å². The fraction of sp³-hybridized carbons (Fsp3) is 0.571. The van der Waals surface area contributed by atoms with Gasteiger partial charge >= 0.3 is 0 Å². The lowest BCUT2D eigenvalue weighted by Crippen LogP contribution is -2.05. The molecule has 1 aromatic heterocycles. The standard InChI is InChI=1S/C7H13N3O/c1-5-7(6(2)11-8)4-10(3)9-5/h4,6H,8H2,1-3H3. The summed E-state index contributed by atoms with van der Waals surface area (Å²) in [6, 6.07) is 0. The molecular formula is C7H13N3O. The minimum atomic E-state index is -0.0799. The van der Waals surface area contributed by atoms with Crippen LogP contribution in [0, 0.1) is 6.92 Å². The molecule has 0 saturated carbocycles. The number of nitrogens with zero attached hydrogens (tertiary/aromatic N) is 2. The highest BCUT2D eigenvalue weighted by molar-refractivity contribution is 5.17. The van der Waals surface area contributed by atoms with Crippen molar-refractivity contribution in [3.05, 3.63) is 17.5 Å². The number of hydrogen-bond acceptors (Lipinski definition) is 3. The van der Waals surface area contributed by atoms with E-state index in [9.17, 15) is 0 Å². The van der Waals surface area contributed by atoms with Gasteiger partial charge in [-0.25, -0.2) is 5.90 Å². The molecule has 0 radical (unpaired) electrons. The molecular weight excluding hydrogens is 142 g/mol. The monoisotopic (exact) mass is 155 g/mol. The van der Waals surface area contributed by atoms with Crippen molar-refractivity contribution in [2.75, 3.05) is 0 Å². The number of aromatic nitrogens is 2. The van der Waals surface area contributed by atoms with Gasteiger partial charge in [0.05, 0.1) is 5.69 Å². The van der Waals surface area contributed by atoms with Crippen LogP contribution in [0.4, 0.5) is 0 Å². The molecule has 4 nitrogen and oxygen atoms in total. The second-order valence-corrected chi connectivity index (χ2v) is 2.62. The molecule has 4 heteroatoms. The number of rotatable bonds is 2. The Kier molecular flexibility index (Phi) is 2.26. The zero-order valence-electron chi connectivity index (χ0n) is 7.03. The van der Waals surface area contributed by atoms with Crippen molar-refractivity contribution in [1.82, 2.24) is 9.78 Å². The Morgan fingerprint density at radius 3 is 2.73 bits per heavy atom. The molecule has 0 aliphatic carbocycles. The van der Waals surface area contributed by atoms with Gasteiger partial charge in [-0.3, -0.25) is 9.52 Å². The summed E-state index contributed by atoms with van der Waals surface area (Å²) < 4.78 is 1.75. The smallest absolute Gasteiger partial charge is 0.104 e. The Morgan fingerprint density at radius 2 is 2.36 bits per heavy atom. The molecule has 1 heterocycles. The molecule has 62 valence electrons. The van der Waals surface area contributed by atoms with E-state index < -0.39 is 0 Å². The van der Waals surface area contributed by atoms with Gasteiger partial charge in [0.1, 0.15) is 6.10 Å². The van der Waals surface area contributed by atoms with E-state index in [0.29, 0.717) is 0 Å². The topological polar surface area (TPSA) is 53.1 Å². The molecule has 2 N–H and O–H groups in total. The summed E-state index contributed by atoms with van der Waals surface area (Å²) >= 11 is 0. The zero-order valence-corrected chi connectivity index (χ0v) is 7.03. The average molecular weight is 155 g/mol. The molecule has 1 rings (SSSR count). The highest BCUT2D eigenvalue weighted by Gasteiger charge is 2.10. The van der Waals surface area contributed by atoms with Gasteiger partial charge in [0.2, 0.25) is 0 Å². The number of hydrogen-bond donors (Lipinski definition) is 1. The fourth-order valence-electron chi connectivity index (χ4n) is 1.09. The molecule has 0 aromatic carbocycles. The largest absolute Gasteiger partial charge is 0.297 e. The van der Waals surface area contributed by atoms with Crippen molar-refractivity contribution in [2.45, 2.75) is 20.0 Å². The highest BCUT2D eigenvalue weighted by Crippen LogP contribution is 2.16. The fourth-order valence-corrected chi connectivity index (χ4v) is 1.09. The molecule has 1 unspecified atom stereocenters. The maximum atomic E-state index is 5.05. The van der Waals surface area contributed by atoms with Gasteiger partial charge in [-0.15, -0.1) is 0 Å². The van der Waals surface area contributed by atoms with Crippen LogP contribution in [-0.2, 0) is 11.9 Å². The van der Waals surface area contributed by atoms with Gasteiger partial charge in [-0.1, -0.05) is 0 Å². The Bertz CT molecular complexity index is 244. The Morgan fingerprint density at radius 1 is 1.73 bits per heavy atom. The first kappa shape index (κ1) is 8.23. The van der Waals surface area contributed by atoms with E-state index in [-0.39, 0.29) is 6.10 Å². The van der Waals surface area contributed by atoms with Crippen LogP contribution in [0.15, 0.2) is 6.20 Å². The van der Waals surface area contributed by atoms with Crippen molar-refractivity contribution in [3.8, 4) is 0 Å². The molecule has 11 heavy (non-hydrogen) atoms. The van der Waals surface area contributed by atoms with Crippen LogP contribution in [0.3, 0.4) is 0 Å². The van der Waals surface area contributed by atoms with E-state index in [1.54, 1.807) is 4.68 Å². The van der Waals surface area contributed by atoms with Crippen LogP contribution >= 0.6 is 0 Å². The van der Waals surface area contributed by atoms with Crippen molar-refractivity contribution in [1.29, 1.82) is 0 Å². The lowest BCUT2D eigenvalue weighted by molar-refractivity contribution is 0.0659. The first-order valence-electron chi connectivity index (χ1n) is 3.51. The van der Waals surface area contributed by atoms with E-state index in [1.165, 1.54) is 0 Å². The van der Waals surface area contributed by atoms with Crippen LogP contribution in [0.2, 0.25) is 0 Å². The lowest BCUT2D eigenvalue weighted by Gasteiger charge is -2.05. The molecule has 0 spiro atoms. The van der Waals surface area contributed by atoms with Crippen molar-refractivity contribution in [2.24, 2.45) is 12.9 Å². The minimum Gasteiger partial charge on any atom is -0.297 e. The van der Waals surface area contributed by atoms with Gasteiger partial charge in [0.15, 0.2) is 0 Å². The van der Waals surface area contributed by atoms with Gasteiger partial charge < -0.3 is 0 Å². The summed E-state index contributed by atoms with van der Waals surface area (Å²) in [5.74, 6) is 5.05.